The highest BCUT2D eigenvalue weighted by molar-refractivity contribution is 7.71. The molecule has 17 heavy (non-hydrogen) atoms. The van der Waals surface area contributed by atoms with Crippen molar-refractivity contribution in [3.8, 4) is 0 Å². The molecule has 0 spiro atoms. The molecule has 0 bridgehead atoms. The Morgan fingerprint density at radius 3 is 2.47 bits per heavy atom. The Kier molecular flexibility index (Phi) is 3.60. The van der Waals surface area contributed by atoms with Crippen molar-refractivity contribution in [2.75, 3.05) is 0 Å². The zero-order valence-electron chi connectivity index (χ0n) is 9.75. The number of nitrogens with zero attached hydrogens (tertiary/aromatic N) is 1. The van der Waals surface area contributed by atoms with Gasteiger partial charge in [0.1, 0.15) is 10.5 Å². The number of aryl methyl sites for hydroxylation is 2. The first-order valence-corrected chi connectivity index (χ1v) is 6.16. The van der Waals surface area contributed by atoms with E-state index in [-0.39, 0.29) is 0 Å². The van der Waals surface area contributed by atoms with Crippen LogP contribution < -0.4 is 0 Å². The van der Waals surface area contributed by atoms with Crippen molar-refractivity contribution in [3.05, 3.63) is 56.6 Å². The molecule has 0 fully saturated rings. The maximum atomic E-state index is 5.86. The van der Waals surface area contributed by atoms with E-state index >= 15 is 0 Å². The highest BCUT2D eigenvalue weighted by Crippen LogP contribution is 2.16. The third kappa shape index (κ3) is 2.93. The topological polar surface area (TPSA) is 28.7 Å². The first-order valence-electron chi connectivity index (χ1n) is 5.37. The number of benzene rings is 1. The number of halogens is 1. The summed E-state index contributed by atoms with van der Waals surface area (Å²) >= 11 is 11.2. The number of aromatic nitrogens is 2. The van der Waals surface area contributed by atoms with E-state index in [2.05, 4.69) is 9.97 Å². The number of nitrogens with one attached hydrogen (secondary N) is 1. The van der Waals surface area contributed by atoms with Gasteiger partial charge in [-0.25, -0.2) is 4.98 Å². The molecule has 2 nitrogen and oxygen atoms in total. The van der Waals surface area contributed by atoms with E-state index in [4.69, 9.17) is 23.8 Å². The third-order valence-corrected chi connectivity index (χ3v) is 3.23. The maximum absolute atomic E-state index is 5.86. The second-order valence-corrected chi connectivity index (χ2v) is 4.86. The molecule has 0 saturated heterocycles. The molecule has 0 aliphatic heterocycles. The fraction of sp³-hybridized carbons (Fsp3) is 0.231. The first-order chi connectivity index (χ1) is 8.06. The molecule has 0 radical (unpaired) electrons. The number of hydrogen-bond acceptors (Lipinski definition) is 2. The molecule has 88 valence electrons. The van der Waals surface area contributed by atoms with Gasteiger partial charge < -0.3 is 4.98 Å². The van der Waals surface area contributed by atoms with Crippen LogP contribution in [0.3, 0.4) is 0 Å². The van der Waals surface area contributed by atoms with Gasteiger partial charge in [0.25, 0.3) is 0 Å². The number of hydrogen-bond donors (Lipinski definition) is 1. The van der Waals surface area contributed by atoms with Crippen LogP contribution in [0, 0.1) is 18.5 Å². The summed E-state index contributed by atoms with van der Waals surface area (Å²) in [6.45, 7) is 3.94. The van der Waals surface area contributed by atoms with Gasteiger partial charge in [-0.2, -0.15) is 0 Å². The van der Waals surface area contributed by atoms with E-state index in [0.717, 1.165) is 28.5 Å². The quantitative estimate of drug-likeness (QED) is 0.831. The summed E-state index contributed by atoms with van der Waals surface area (Å²) in [5, 5.41) is 0.748. The highest BCUT2D eigenvalue weighted by atomic mass is 35.5. The van der Waals surface area contributed by atoms with Crippen LogP contribution >= 0.6 is 23.8 Å². The van der Waals surface area contributed by atoms with E-state index < -0.39 is 0 Å². The van der Waals surface area contributed by atoms with E-state index in [0.29, 0.717) is 4.64 Å². The predicted octanol–water partition coefficient (Wildman–Crippen LogP) is 4.00. The summed E-state index contributed by atoms with van der Waals surface area (Å²) < 4.78 is 0.675. The molecular formula is C13H13ClN2S. The number of aromatic amines is 1. The van der Waals surface area contributed by atoms with Crippen LogP contribution in [0.25, 0.3) is 0 Å². The monoisotopic (exact) mass is 264 g/mol. The lowest BCUT2D eigenvalue weighted by Gasteiger charge is -2.07. The fourth-order valence-electron chi connectivity index (χ4n) is 1.77. The summed E-state index contributed by atoms with van der Waals surface area (Å²) in [4.78, 5) is 7.49. The smallest absolute Gasteiger partial charge is 0.133 e. The molecule has 2 rings (SSSR count). The summed E-state index contributed by atoms with van der Waals surface area (Å²) in [6, 6.07) is 7.80. The summed E-state index contributed by atoms with van der Waals surface area (Å²) in [5.41, 5.74) is 3.34. The van der Waals surface area contributed by atoms with Gasteiger partial charge >= 0.3 is 0 Å². The van der Waals surface area contributed by atoms with Gasteiger partial charge in [0.05, 0.1) is 0 Å². The molecular weight excluding hydrogens is 252 g/mol. The average molecular weight is 265 g/mol. The molecule has 1 heterocycles. The Bertz CT molecular complexity index is 587. The van der Waals surface area contributed by atoms with Gasteiger partial charge in [-0.1, -0.05) is 36.0 Å². The van der Waals surface area contributed by atoms with Crippen LogP contribution in [0.1, 0.15) is 22.6 Å². The SMILES string of the molecule is Cc1nc(=S)c(Cc2ccc(Cl)cc2)c(C)[nH]1. The molecule has 0 saturated carbocycles. The fourth-order valence-corrected chi connectivity index (χ4v) is 2.26. The van der Waals surface area contributed by atoms with Crippen LogP contribution in [0.4, 0.5) is 0 Å². The Morgan fingerprint density at radius 2 is 1.88 bits per heavy atom. The maximum Gasteiger partial charge on any atom is 0.133 e. The largest absolute Gasteiger partial charge is 0.347 e. The molecule has 1 aromatic carbocycles. The molecule has 0 atom stereocenters. The van der Waals surface area contributed by atoms with Crippen molar-refractivity contribution < 1.29 is 0 Å². The second kappa shape index (κ2) is 4.98. The van der Waals surface area contributed by atoms with Crippen molar-refractivity contribution in [2.24, 2.45) is 0 Å². The Hall–Kier alpha value is -1.19. The van der Waals surface area contributed by atoms with E-state index in [9.17, 15) is 0 Å². The van der Waals surface area contributed by atoms with Gasteiger partial charge in [0.2, 0.25) is 0 Å². The summed E-state index contributed by atoms with van der Waals surface area (Å²) in [6.07, 6.45) is 0.783. The molecule has 2 aromatic rings. The number of H-pyrrole nitrogens is 1. The molecule has 0 aliphatic carbocycles. The van der Waals surface area contributed by atoms with Gasteiger partial charge in [0, 0.05) is 22.7 Å². The molecule has 4 heteroatoms. The van der Waals surface area contributed by atoms with Gasteiger partial charge in [-0.05, 0) is 31.5 Å². The molecule has 0 aliphatic rings. The van der Waals surface area contributed by atoms with Crippen LogP contribution in [0.5, 0.6) is 0 Å². The summed E-state index contributed by atoms with van der Waals surface area (Å²) in [7, 11) is 0. The molecule has 0 amide bonds. The lowest BCUT2D eigenvalue weighted by atomic mass is 10.1. The third-order valence-electron chi connectivity index (χ3n) is 2.64. The van der Waals surface area contributed by atoms with Gasteiger partial charge in [-0.3, -0.25) is 0 Å². The minimum Gasteiger partial charge on any atom is -0.347 e. The zero-order valence-corrected chi connectivity index (χ0v) is 11.3. The Balaban J connectivity index is 2.36. The van der Waals surface area contributed by atoms with E-state index in [1.165, 1.54) is 5.56 Å². The molecule has 1 aromatic heterocycles. The Morgan fingerprint density at radius 1 is 1.24 bits per heavy atom. The van der Waals surface area contributed by atoms with Crippen LogP contribution in [-0.4, -0.2) is 9.97 Å². The zero-order chi connectivity index (χ0) is 12.4. The van der Waals surface area contributed by atoms with Crippen molar-refractivity contribution in [1.29, 1.82) is 0 Å². The van der Waals surface area contributed by atoms with Crippen molar-refractivity contribution in [1.82, 2.24) is 9.97 Å². The lowest BCUT2D eigenvalue weighted by molar-refractivity contribution is 0.948. The van der Waals surface area contributed by atoms with E-state index in [1.807, 2.05) is 38.1 Å². The predicted molar refractivity (Wildman–Crippen MR) is 73.2 cm³/mol. The molecule has 0 unspecified atom stereocenters. The van der Waals surface area contributed by atoms with Crippen LogP contribution in [0.15, 0.2) is 24.3 Å². The van der Waals surface area contributed by atoms with Crippen LogP contribution in [-0.2, 0) is 6.42 Å². The first kappa shape index (κ1) is 12.3. The van der Waals surface area contributed by atoms with Crippen molar-refractivity contribution in [3.63, 3.8) is 0 Å². The van der Waals surface area contributed by atoms with Crippen molar-refractivity contribution >= 4 is 23.8 Å². The normalized spacial score (nSPS) is 10.5. The van der Waals surface area contributed by atoms with Gasteiger partial charge in [-0.15, -0.1) is 0 Å². The van der Waals surface area contributed by atoms with Crippen LogP contribution in [0.2, 0.25) is 5.02 Å². The van der Waals surface area contributed by atoms with E-state index in [1.54, 1.807) is 0 Å². The average Bonchev–Trinajstić information content (AvgIpc) is 2.26. The molecule has 1 N–H and O–H groups in total. The minimum atomic E-state index is 0.675. The summed E-state index contributed by atoms with van der Waals surface area (Å²) in [5.74, 6) is 0.854. The van der Waals surface area contributed by atoms with Gasteiger partial charge in [0.15, 0.2) is 0 Å². The Labute approximate surface area is 111 Å². The lowest BCUT2D eigenvalue weighted by Crippen LogP contribution is -2.00. The standard InChI is InChI=1S/C13H13ClN2S/c1-8-12(13(17)16-9(2)15-8)7-10-3-5-11(14)6-4-10/h3-6H,7H2,1-2H3,(H,15,16,17). The second-order valence-electron chi connectivity index (χ2n) is 4.03. The number of rotatable bonds is 2. The minimum absolute atomic E-state index is 0.675. The van der Waals surface area contributed by atoms with Crippen molar-refractivity contribution in [2.45, 2.75) is 20.3 Å². The highest BCUT2D eigenvalue weighted by Gasteiger charge is 2.05.